The Morgan fingerprint density at radius 2 is 1.69 bits per heavy atom. The summed E-state index contributed by atoms with van der Waals surface area (Å²) in [7, 11) is 0. The smallest absolute Gasteiger partial charge is 0.214 e. The maximum atomic E-state index is 11.4. The fourth-order valence-corrected chi connectivity index (χ4v) is 3.45. The van der Waals surface area contributed by atoms with E-state index in [0.717, 1.165) is 33.3 Å². The Morgan fingerprint density at radius 3 is 2.38 bits per heavy atom. The van der Waals surface area contributed by atoms with Crippen molar-refractivity contribution in [1.82, 2.24) is 9.97 Å². The van der Waals surface area contributed by atoms with Crippen molar-refractivity contribution in [3.63, 3.8) is 0 Å². The SMILES string of the molecule is O=[N+]([O-])CC(c1ccccc1)c1c(-c2ccccc2)[nH]c2ccncc12. The molecule has 0 bridgehead atoms. The number of hydrogen-bond donors (Lipinski definition) is 1. The molecule has 5 heteroatoms. The van der Waals surface area contributed by atoms with Gasteiger partial charge in [0.1, 0.15) is 0 Å². The van der Waals surface area contributed by atoms with Crippen LogP contribution in [0.4, 0.5) is 0 Å². The lowest BCUT2D eigenvalue weighted by Gasteiger charge is -2.15. The zero-order valence-electron chi connectivity index (χ0n) is 14.0. The van der Waals surface area contributed by atoms with Crippen LogP contribution in [0.2, 0.25) is 0 Å². The highest BCUT2D eigenvalue weighted by molar-refractivity contribution is 5.91. The van der Waals surface area contributed by atoms with Crippen molar-refractivity contribution in [3.05, 3.63) is 100 Å². The van der Waals surface area contributed by atoms with E-state index in [9.17, 15) is 10.1 Å². The van der Waals surface area contributed by atoms with Crippen molar-refractivity contribution in [2.24, 2.45) is 0 Å². The van der Waals surface area contributed by atoms with Crippen molar-refractivity contribution in [1.29, 1.82) is 0 Å². The highest BCUT2D eigenvalue weighted by Gasteiger charge is 2.27. The molecule has 1 unspecified atom stereocenters. The minimum Gasteiger partial charge on any atom is -0.354 e. The highest BCUT2D eigenvalue weighted by atomic mass is 16.6. The number of fused-ring (bicyclic) bond motifs is 1. The summed E-state index contributed by atoms with van der Waals surface area (Å²) in [5.41, 5.74) is 4.68. The van der Waals surface area contributed by atoms with Crippen LogP contribution in [0.1, 0.15) is 17.0 Å². The van der Waals surface area contributed by atoms with E-state index < -0.39 is 0 Å². The third-order valence-corrected chi connectivity index (χ3v) is 4.58. The summed E-state index contributed by atoms with van der Waals surface area (Å²) in [4.78, 5) is 18.9. The van der Waals surface area contributed by atoms with Crippen molar-refractivity contribution >= 4 is 10.9 Å². The third kappa shape index (κ3) is 2.95. The Hall–Kier alpha value is -3.47. The summed E-state index contributed by atoms with van der Waals surface area (Å²) < 4.78 is 0. The standard InChI is InChI=1S/C21H17N3O2/c25-24(26)14-18(15-7-3-1-4-8-15)20-17-13-22-12-11-19(17)23-21(20)16-9-5-2-6-10-16/h1-13,18,23H,14H2. The Kier molecular flexibility index (Phi) is 4.19. The number of benzene rings is 2. The third-order valence-electron chi connectivity index (χ3n) is 4.58. The summed E-state index contributed by atoms with van der Waals surface area (Å²) in [6.07, 6.45) is 3.51. The van der Waals surface area contributed by atoms with Gasteiger partial charge in [0.15, 0.2) is 0 Å². The van der Waals surface area contributed by atoms with Crippen molar-refractivity contribution in [2.45, 2.75) is 5.92 Å². The van der Waals surface area contributed by atoms with Crippen molar-refractivity contribution in [2.75, 3.05) is 6.54 Å². The van der Waals surface area contributed by atoms with Gasteiger partial charge in [-0.25, -0.2) is 0 Å². The monoisotopic (exact) mass is 343 g/mol. The van der Waals surface area contributed by atoms with E-state index in [2.05, 4.69) is 9.97 Å². The minimum absolute atomic E-state index is 0.175. The van der Waals surface area contributed by atoms with Crippen LogP contribution in [0.15, 0.2) is 79.1 Å². The average molecular weight is 343 g/mol. The van der Waals surface area contributed by atoms with Gasteiger partial charge in [-0.2, -0.15) is 0 Å². The summed E-state index contributed by atoms with van der Waals surface area (Å²) >= 11 is 0. The number of H-pyrrole nitrogens is 1. The molecule has 0 amide bonds. The number of aromatic amines is 1. The fraction of sp³-hybridized carbons (Fsp3) is 0.0952. The zero-order chi connectivity index (χ0) is 17.9. The summed E-state index contributed by atoms with van der Waals surface area (Å²) in [5, 5.41) is 12.4. The van der Waals surface area contributed by atoms with E-state index in [4.69, 9.17) is 0 Å². The van der Waals surface area contributed by atoms with Gasteiger partial charge in [0, 0.05) is 33.8 Å². The van der Waals surface area contributed by atoms with Crippen LogP contribution in [0.5, 0.6) is 0 Å². The molecule has 2 heterocycles. The first kappa shape index (κ1) is 16.0. The number of nitro groups is 1. The molecule has 5 nitrogen and oxygen atoms in total. The molecule has 4 rings (SSSR count). The first-order valence-electron chi connectivity index (χ1n) is 8.42. The molecule has 0 fully saturated rings. The number of aromatic nitrogens is 2. The van der Waals surface area contributed by atoms with Gasteiger partial charge in [0.05, 0.1) is 11.6 Å². The second kappa shape index (κ2) is 6.80. The van der Waals surface area contributed by atoms with Gasteiger partial charge < -0.3 is 4.98 Å². The van der Waals surface area contributed by atoms with E-state index in [0.29, 0.717) is 0 Å². The van der Waals surface area contributed by atoms with Crippen LogP contribution in [-0.4, -0.2) is 21.4 Å². The summed E-state index contributed by atoms with van der Waals surface area (Å²) in [6.45, 7) is -0.175. The van der Waals surface area contributed by atoms with Gasteiger partial charge in [-0.05, 0) is 17.2 Å². The van der Waals surface area contributed by atoms with Crippen LogP contribution in [0.25, 0.3) is 22.2 Å². The minimum atomic E-state index is -0.362. The van der Waals surface area contributed by atoms with Gasteiger partial charge in [-0.3, -0.25) is 15.1 Å². The molecule has 0 saturated heterocycles. The molecular weight excluding hydrogens is 326 g/mol. The van der Waals surface area contributed by atoms with Gasteiger partial charge >= 0.3 is 0 Å². The fourth-order valence-electron chi connectivity index (χ4n) is 3.45. The largest absolute Gasteiger partial charge is 0.354 e. The molecule has 2 aromatic carbocycles. The lowest BCUT2D eigenvalue weighted by Crippen LogP contribution is -2.14. The van der Waals surface area contributed by atoms with Gasteiger partial charge in [-0.1, -0.05) is 60.7 Å². The molecule has 0 aliphatic heterocycles. The van der Waals surface area contributed by atoms with Crippen LogP contribution < -0.4 is 0 Å². The number of rotatable bonds is 5. The molecule has 1 N–H and O–H groups in total. The molecule has 0 saturated carbocycles. The first-order chi connectivity index (χ1) is 12.7. The van der Waals surface area contributed by atoms with Gasteiger partial charge in [0.2, 0.25) is 6.54 Å². The molecule has 4 aromatic rings. The quantitative estimate of drug-likeness (QED) is 0.424. The van der Waals surface area contributed by atoms with E-state index in [-0.39, 0.29) is 17.4 Å². The molecule has 0 aliphatic carbocycles. The van der Waals surface area contributed by atoms with E-state index in [1.165, 1.54) is 0 Å². The normalized spacial score (nSPS) is 12.2. The molecule has 26 heavy (non-hydrogen) atoms. The molecule has 0 aliphatic rings. The summed E-state index contributed by atoms with van der Waals surface area (Å²) in [6, 6.07) is 21.4. The zero-order valence-corrected chi connectivity index (χ0v) is 14.0. The Bertz CT molecular complexity index is 1040. The molecule has 0 radical (unpaired) electrons. The average Bonchev–Trinajstić information content (AvgIpc) is 3.07. The van der Waals surface area contributed by atoms with Gasteiger partial charge in [0.25, 0.3) is 0 Å². The maximum Gasteiger partial charge on any atom is 0.214 e. The Morgan fingerprint density at radius 1 is 1.00 bits per heavy atom. The first-order valence-corrected chi connectivity index (χ1v) is 8.42. The maximum absolute atomic E-state index is 11.4. The number of nitrogens with zero attached hydrogens (tertiary/aromatic N) is 2. The predicted molar refractivity (Wildman–Crippen MR) is 102 cm³/mol. The van der Waals surface area contributed by atoms with Crippen LogP contribution in [0.3, 0.4) is 0 Å². The second-order valence-corrected chi connectivity index (χ2v) is 6.18. The van der Waals surface area contributed by atoms with Crippen molar-refractivity contribution in [3.8, 4) is 11.3 Å². The molecule has 1 atom stereocenters. The predicted octanol–water partition coefficient (Wildman–Crippen LogP) is 4.64. The molecular formula is C21H17N3O2. The van der Waals surface area contributed by atoms with E-state index in [1.54, 1.807) is 12.4 Å². The van der Waals surface area contributed by atoms with E-state index in [1.807, 2.05) is 66.7 Å². The highest BCUT2D eigenvalue weighted by Crippen LogP contribution is 2.38. The Labute approximate surface area is 150 Å². The number of pyridine rings is 1. The number of hydrogen-bond acceptors (Lipinski definition) is 3. The van der Waals surface area contributed by atoms with E-state index >= 15 is 0 Å². The van der Waals surface area contributed by atoms with Crippen LogP contribution in [-0.2, 0) is 0 Å². The lowest BCUT2D eigenvalue weighted by atomic mass is 9.88. The summed E-state index contributed by atoms with van der Waals surface area (Å²) in [5.74, 6) is -0.362. The molecule has 0 spiro atoms. The second-order valence-electron chi connectivity index (χ2n) is 6.18. The van der Waals surface area contributed by atoms with Gasteiger partial charge in [-0.15, -0.1) is 0 Å². The number of nitrogens with one attached hydrogen (secondary N) is 1. The molecule has 128 valence electrons. The lowest BCUT2D eigenvalue weighted by molar-refractivity contribution is -0.481. The molecule has 2 aromatic heterocycles. The Balaban J connectivity index is 1.99. The van der Waals surface area contributed by atoms with Crippen LogP contribution >= 0.6 is 0 Å². The van der Waals surface area contributed by atoms with Crippen LogP contribution in [0, 0.1) is 10.1 Å². The topological polar surface area (TPSA) is 71.8 Å². The van der Waals surface area contributed by atoms with Crippen molar-refractivity contribution < 1.29 is 4.92 Å².